The first kappa shape index (κ1) is 15.5. The largest absolute Gasteiger partial charge is 0.341 e. The van der Waals surface area contributed by atoms with Gasteiger partial charge in [-0.1, -0.05) is 49.6 Å². The van der Waals surface area contributed by atoms with Crippen molar-refractivity contribution in [1.29, 1.82) is 0 Å². The normalized spacial score (nSPS) is 24.0. The minimum Gasteiger partial charge on any atom is -0.341 e. The van der Waals surface area contributed by atoms with Crippen LogP contribution in [0, 0.1) is 5.41 Å². The fourth-order valence-electron chi connectivity index (χ4n) is 4.22. The lowest BCUT2D eigenvalue weighted by atomic mass is 9.68. The van der Waals surface area contributed by atoms with Gasteiger partial charge in [0.1, 0.15) is 5.54 Å². The highest BCUT2D eigenvalue weighted by atomic mass is 16.2. The predicted octanol–water partition coefficient (Wildman–Crippen LogP) is 3.43. The predicted molar refractivity (Wildman–Crippen MR) is 89.3 cm³/mol. The number of hydrogen-bond acceptors (Lipinski definition) is 2. The zero-order chi connectivity index (χ0) is 15.6. The fourth-order valence-corrected chi connectivity index (χ4v) is 4.22. The minimum absolute atomic E-state index is 0.0735. The van der Waals surface area contributed by atoms with Crippen molar-refractivity contribution in [2.45, 2.75) is 57.4 Å². The summed E-state index contributed by atoms with van der Waals surface area (Å²) in [4.78, 5) is 14.9. The second-order valence-corrected chi connectivity index (χ2v) is 7.42. The smallest absolute Gasteiger partial charge is 0.246 e. The fraction of sp³-hybridized carbons (Fsp3) is 0.632. The second-order valence-electron chi connectivity index (χ2n) is 7.42. The average Bonchev–Trinajstić information content (AvgIpc) is 2.56. The molecule has 1 saturated carbocycles. The van der Waals surface area contributed by atoms with Gasteiger partial charge in [-0.05, 0) is 43.6 Å². The maximum atomic E-state index is 12.9. The molecular formula is C19H28N2O. The van der Waals surface area contributed by atoms with Crippen molar-refractivity contribution in [2.75, 3.05) is 13.1 Å². The van der Waals surface area contributed by atoms with Crippen molar-refractivity contribution in [3.05, 3.63) is 35.9 Å². The Morgan fingerprint density at radius 1 is 1.05 bits per heavy atom. The lowest BCUT2D eigenvalue weighted by Gasteiger charge is -2.45. The SMILES string of the molecule is CC(N)(C(=O)N1CCC2(CCCCC2)CC1)c1ccccc1. The summed E-state index contributed by atoms with van der Waals surface area (Å²) in [5.41, 5.74) is 6.89. The van der Waals surface area contributed by atoms with Crippen LogP contribution in [-0.2, 0) is 10.3 Å². The van der Waals surface area contributed by atoms with Crippen molar-refractivity contribution in [3.8, 4) is 0 Å². The van der Waals surface area contributed by atoms with Crippen LogP contribution >= 0.6 is 0 Å². The van der Waals surface area contributed by atoms with E-state index in [1.165, 1.54) is 32.1 Å². The molecule has 3 nitrogen and oxygen atoms in total. The molecule has 1 aromatic rings. The molecule has 1 aliphatic carbocycles. The van der Waals surface area contributed by atoms with Gasteiger partial charge in [0.15, 0.2) is 0 Å². The number of hydrogen-bond donors (Lipinski definition) is 1. The van der Waals surface area contributed by atoms with Gasteiger partial charge in [0.2, 0.25) is 5.91 Å². The second kappa shape index (κ2) is 6.04. The van der Waals surface area contributed by atoms with E-state index in [0.29, 0.717) is 5.41 Å². The Balaban J connectivity index is 1.67. The van der Waals surface area contributed by atoms with Crippen molar-refractivity contribution < 1.29 is 4.79 Å². The quantitative estimate of drug-likeness (QED) is 0.909. The summed E-state index contributed by atoms with van der Waals surface area (Å²) in [6, 6.07) is 9.74. The van der Waals surface area contributed by atoms with E-state index < -0.39 is 5.54 Å². The molecule has 2 N–H and O–H groups in total. The summed E-state index contributed by atoms with van der Waals surface area (Å²) in [6.07, 6.45) is 9.15. The number of rotatable bonds is 2. The molecule has 1 amide bonds. The molecule has 0 radical (unpaired) electrons. The third-order valence-corrected chi connectivity index (χ3v) is 5.84. The van der Waals surface area contributed by atoms with E-state index in [-0.39, 0.29) is 5.91 Å². The maximum absolute atomic E-state index is 12.9. The Bertz CT molecular complexity index is 507. The highest BCUT2D eigenvalue weighted by molar-refractivity contribution is 5.87. The molecule has 3 rings (SSSR count). The van der Waals surface area contributed by atoms with Crippen LogP contribution in [0.2, 0.25) is 0 Å². The number of carbonyl (C=O) groups is 1. The molecule has 1 aromatic carbocycles. The first-order valence-electron chi connectivity index (χ1n) is 8.67. The number of benzene rings is 1. The first-order valence-corrected chi connectivity index (χ1v) is 8.67. The van der Waals surface area contributed by atoms with Gasteiger partial charge in [-0.3, -0.25) is 4.79 Å². The summed E-state index contributed by atoms with van der Waals surface area (Å²) >= 11 is 0. The van der Waals surface area contributed by atoms with Crippen molar-refractivity contribution in [2.24, 2.45) is 11.1 Å². The van der Waals surface area contributed by atoms with E-state index >= 15 is 0 Å². The standard InChI is InChI=1S/C19H28N2O/c1-18(20,16-8-4-2-5-9-16)17(22)21-14-12-19(13-15-21)10-6-3-7-11-19/h2,4-5,8-9H,3,6-7,10-15,20H2,1H3. The molecule has 1 unspecified atom stereocenters. The van der Waals surface area contributed by atoms with E-state index in [9.17, 15) is 4.79 Å². The van der Waals surface area contributed by atoms with E-state index in [1.54, 1.807) is 0 Å². The van der Waals surface area contributed by atoms with Gasteiger partial charge >= 0.3 is 0 Å². The molecule has 2 fully saturated rings. The average molecular weight is 300 g/mol. The molecule has 1 saturated heterocycles. The van der Waals surface area contributed by atoms with E-state index in [4.69, 9.17) is 5.73 Å². The number of carbonyl (C=O) groups excluding carboxylic acids is 1. The van der Waals surface area contributed by atoms with Crippen LogP contribution in [0.15, 0.2) is 30.3 Å². The number of likely N-dealkylation sites (tertiary alicyclic amines) is 1. The monoisotopic (exact) mass is 300 g/mol. The number of amides is 1. The summed E-state index contributed by atoms with van der Waals surface area (Å²) < 4.78 is 0. The molecule has 2 aliphatic rings. The Labute approximate surface area is 133 Å². The van der Waals surface area contributed by atoms with Crippen LogP contribution < -0.4 is 5.73 Å². The highest BCUT2D eigenvalue weighted by Gasteiger charge is 2.40. The topological polar surface area (TPSA) is 46.3 Å². The molecule has 1 atom stereocenters. The van der Waals surface area contributed by atoms with Crippen molar-refractivity contribution in [3.63, 3.8) is 0 Å². The molecular weight excluding hydrogens is 272 g/mol. The van der Waals surface area contributed by atoms with E-state index in [0.717, 1.165) is 31.5 Å². The van der Waals surface area contributed by atoms with Crippen molar-refractivity contribution >= 4 is 5.91 Å². The molecule has 1 heterocycles. The van der Waals surface area contributed by atoms with Gasteiger partial charge in [0.25, 0.3) is 0 Å². The van der Waals surface area contributed by atoms with Gasteiger partial charge in [0.05, 0.1) is 0 Å². The molecule has 22 heavy (non-hydrogen) atoms. The third kappa shape index (κ3) is 2.91. The van der Waals surface area contributed by atoms with Crippen LogP contribution in [0.5, 0.6) is 0 Å². The summed E-state index contributed by atoms with van der Waals surface area (Å²) in [6.45, 7) is 3.59. The Kier molecular flexibility index (Phi) is 4.26. The lowest BCUT2D eigenvalue weighted by Crippen LogP contribution is -2.54. The summed E-state index contributed by atoms with van der Waals surface area (Å²) in [5.74, 6) is 0.0735. The zero-order valence-corrected chi connectivity index (χ0v) is 13.7. The molecule has 3 heteroatoms. The van der Waals surface area contributed by atoms with Gasteiger partial charge in [-0.2, -0.15) is 0 Å². The van der Waals surface area contributed by atoms with Crippen LogP contribution in [0.1, 0.15) is 57.4 Å². The molecule has 120 valence electrons. The van der Waals surface area contributed by atoms with Crippen LogP contribution in [0.4, 0.5) is 0 Å². The molecule has 1 spiro atoms. The van der Waals surface area contributed by atoms with Crippen LogP contribution in [0.3, 0.4) is 0 Å². The van der Waals surface area contributed by atoms with Gasteiger partial charge in [-0.15, -0.1) is 0 Å². The Morgan fingerprint density at radius 3 is 2.23 bits per heavy atom. The molecule has 1 aliphatic heterocycles. The Morgan fingerprint density at radius 2 is 1.64 bits per heavy atom. The number of nitrogens with two attached hydrogens (primary N) is 1. The zero-order valence-electron chi connectivity index (χ0n) is 13.7. The molecule has 0 aromatic heterocycles. The lowest BCUT2D eigenvalue weighted by molar-refractivity contribution is -0.139. The van der Waals surface area contributed by atoms with Gasteiger partial charge in [0, 0.05) is 13.1 Å². The van der Waals surface area contributed by atoms with Crippen LogP contribution in [-0.4, -0.2) is 23.9 Å². The van der Waals surface area contributed by atoms with Crippen LogP contribution in [0.25, 0.3) is 0 Å². The maximum Gasteiger partial charge on any atom is 0.246 e. The number of piperidine rings is 1. The van der Waals surface area contributed by atoms with Crippen molar-refractivity contribution in [1.82, 2.24) is 4.90 Å². The minimum atomic E-state index is -0.918. The van der Waals surface area contributed by atoms with E-state index in [1.807, 2.05) is 42.2 Å². The molecule has 0 bridgehead atoms. The first-order chi connectivity index (χ1) is 10.5. The highest BCUT2D eigenvalue weighted by Crippen LogP contribution is 2.44. The van der Waals surface area contributed by atoms with Gasteiger partial charge < -0.3 is 10.6 Å². The third-order valence-electron chi connectivity index (χ3n) is 5.84. The summed E-state index contributed by atoms with van der Waals surface area (Å²) in [7, 11) is 0. The number of nitrogens with zero attached hydrogens (tertiary/aromatic N) is 1. The summed E-state index contributed by atoms with van der Waals surface area (Å²) in [5, 5.41) is 0. The van der Waals surface area contributed by atoms with E-state index in [2.05, 4.69) is 0 Å². The Hall–Kier alpha value is -1.35. The van der Waals surface area contributed by atoms with Gasteiger partial charge in [-0.25, -0.2) is 0 Å².